The highest BCUT2D eigenvalue weighted by Gasteiger charge is 2.09. The van der Waals surface area contributed by atoms with E-state index in [1.54, 1.807) is 18.2 Å². The minimum Gasteiger partial charge on any atom is -0.396 e. The number of hydrogen-bond donors (Lipinski definition) is 3. The molecule has 0 aromatic heterocycles. The highest BCUT2D eigenvalue weighted by molar-refractivity contribution is 6.33. The molecule has 100 valence electrons. The van der Waals surface area contributed by atoms with E-state index < -0.39 is 0 Å². The number of urea groups is 1. The van der Waals surface area contributed by atoms with Crippen LogP contribution >= 0.6 is 11.6 Å². The Morgan fingerprint density at radius 3 is 2.78 bits per heavy atom. The van der Waals surface area contributed by atoms with Gasteiger partial charge in [0.25, 0.3) is 0 Å². The molecule has 2 amide bonds. The lowest BCUT2D eigenvalue weighted by Gasteiger charge is -2.15. The Kier molecular flexibility index (Phi) is 6.54. The highest BCUT2D eigenvalue weighted by Crippen LogP contribution is 2.20. The first-order chi connectivity index (χ1) is 8.67. The fourth-order valence-electron chi connectivity index (χ4n) is 1.60. The molecule has 0 radical (unpaired) electrons. The summed E-state index contributed by atoms with van der Waals surface area (Å²) in [5, 5.41) is 14.8. The van der Waals surface area contributed by atoms with E-state index >= 15 is 0 Å². The number of aliphatic hydroxyl groups excluding tert-OH is 1. The van der Waals surface area contributed by atoms with Gasteiger partial charge in [0, 0.05) is 13.2 Å². The topological polar surface area (TPSA) is 61.4 Å². The molecule has 0 fully saturated rings. The number of carbonyl (C=O) groups excluding carboxylic acids is 1. The number of halogens is 1. The zero-order chi connectivity index (χ0) is 13.4. The number of hydrogen-bond acceptors (Lipinski definition) is 2. The summed E-state index contributed by atoms with van der Waals surface area (Å²) < 4.78 is 0. The Morgan fingerprint density at radius 2 is 2.17 bits per heavy atom. The van der Waals surface area contributed by atoms with Crippen LogP contribution in [0.3, 0.4) is 0 Å². The third-order valence-corrected chi connectivity index (χ3v) is 3.12. The highest BCUT2D eigenvalue weighted by atomic mass is 35.5. The molecule has 0 spiro atoms. The molecular weight excluding hydrogens is 252 g/mol. The van der Waals surface area contributed by atoms with E-state index in [0.29, 0.717) is 29.6 Å². The van der Waals surface area contributed by atoms with Gasteiger partial charge in [-0.2, -0.15) is 0 Å². The Hall–Kier alpha value is -1.26. The van der Waals surface area contributed by atoms with Gasteiger partial charge in [0.1, 0.15) is 0 Å². The summed E-state index contributed by atoms with van der Waals surface area (Å²) >= 11 is 5.93. The van der Waals surface area contributed by atoms with Crippen molar-refractivity contribution in [1.82, 2.24) is 5.32 Å². The maximum absolute atomic E-state index is 11.6. The first kappa shape index (κ1) is 14.8. The number of amides is 2. The van der Waals surface area contributed by atoms with Crippen LogP contribution in [0.1, 0.15) is 19.8 Å². The van der Waals surface area contributed by atoms with Crippen LogP contribution in [-0.2, 0) is 0 Å². The molecule has 0 bridgehead atoms. The maximum Gasteiger partial charge on any atom is 0.319 e. The van der Waals surface area contributed by atoms with Gasteiger partial charge in [-0.25, -0.2) is 4.79 Å². The van der Waals surface area contributed by atoms with Crippen LogP contribution in [0.4, 0.5) is 10.5 Å². The number of carbonyl (C=O) groups is 1. The van der Waals surface area contributed by atoms with Gasteiger partial charge < -0.3 is 15.7 Å². The van der Waals surface area contributed by atoms with E-state index in [0.717, 1.165) is 6.42 Å². The summed E-state index contributed by atoms with van der Waals surface area (Å²) in [5.41, 5.74) is 0.590. The number of rotatable bonds is 6. The molecule has 4 nitrogen and oxygen atoms in total. The monoisotopic (exact) mass is 270 g/mol. The van der Waals surface area contributed by atoms with E-state index in [-0.39, 0.29) is 12.6 Å². The molecular formula is C13H19ClN2O2. The molecule has 3 N–H and O–H groups in total. The second-order valence-corrected chi connectivity index (χ2v) is 4.51. The lowest BCUT2D eigenvalue weighted by atomic mass is 10.0. The van der Waals surface area contributed by atoms with Crippen LogP contribution in [0.2, 0.25) is 5.02 Å². The van der Waals surface area contributed by atoms with E-state index in [4.69, 9.17) is 16.7 Å². The first-order valence-electron chi connectivity index (χ1n) is 6.07. The average Bonchev–Trinajstić information content (AvgIpc) is 2.37. The first-order valence-corrected chi connectivity index (χ1v) is 6.45. The third-order valence-electron chi connectivity index (χ3n) is 2.79. The zero-order valence-corrected chi connectivity index (χ0v) is 11.2. The Labute approximate surface area is 112 Å². The molecule has 0 heterocycles. The van der Waals surface area contributed by atoms with Gasteiger partial charge in [-0.15, -0.1) is 0 Å². The minimum absolute atomic E-state index is 0.145. The smallest absolute Gasteiger partial charge is 0.319 e. The summed E-state index contributed by atoms with van der Waals surface area (Å²) in [6.45, 7) is 2.73. The van der Waals surface area contributed by atoms with Crippen LogP contribution in [0.5, 0.6) is 0 Å². The summed E-state index contributed by atoms with van der Waals surface area (Å²) in [7, 11) is 0. The second-order valence-electron chi connectivity index (χ2n) is 4.10. The lowest BCUT2D eigenvalue weighted by Crippen LogP contribution is -2.33. The number of aliphatic hydroxyl groups is 1. The van der Waals surface area contributed by atoms with Crippen LogP contribution < -0.4 is 10.6 Å². The summed E-state index contributed by atoms with van der Waals surface area (Å²) in [6.07, 6.45) is 1.62. The van der Waals surface area contributed by atoms with Crippen molar-refractivity contribution >= 4 is 23.3 Å². The van der Waals surface area contributed by atoms with Crippen molar-refractivity contribution in [3.05, 3.63) is 29.3 Å². The van der Waals surface area contributed by atoms with Crippen molar-refractivity contribution in [3.63, 3.8) is 0 Å². The molecule has 0 aliphatic heterocycles. The zero-order valence-electron chi connectivity index (χ0n) is 10.4. The molecule has 5 heteroatoms. The normalized spacial score (nSPS) is 11.9. The van der Waals surface area contributed by atoms with Gasteiger partial charge >= 0.3 is 6.03 Å². The predicted molar refractivity (Wildman–Crippen MR) is 74.0 cm³/mol. The molecule has 1 aromatic carbocycles. The number of nitrogens with one attached hydrogen (secondary N) is 2. The molecule has 1 unspecified atom stereocenters. The van der Waals surface area contributed by atoms with Gasteiger partial charge in [-0.05, 0) is 24.5 Å². The van der Waals surface area contributed by atoms with E-state index in [9.17, 15) is 4.79 Å². The van der Waals surface area contributed by atoms with E-state index in [1.807, 2.05) is 13.0 Å². The minimum atomic E-state index is -0.278. The standard InChI is InChI=1S/C13H19ClN2O2/c1-2-10(7-8-17)9-15-13(18)16-12-6-4-3-5-11(12)14/h3-6,10,17H,2,7-9H2,1H3,(H2,15,16,18). The van der Waals surface area contributed by atoms with Crippen molar-refractivity contribution in [2.24, 2.45) is 5.92 Å². The predicted octanol–water partition coefficient (Wildman–Crippen LogP) is 2.87. The van der Waals surface area contributed by atoms with E-state index in [2.05, 4.69) is 10.6 Å². The van der Waals surface area contributed by atoms with Crippen molar-refractivity contribution in [2.45, 2.75) is 19.8 Å². The van der Waals surface area contributed by atoms with E-state index in [1.165, 1.54) is 0 Å². The second kappa shape index (κ2) is 7.95. The third kappa shape index (κ3) is 4.94. The van der Waals surface area contributed by atoms with Crippen LogP contribution in [-0.4, -0.2) is 24.3 Å². The summed E-state index contributed by atoms with van der Waals surface area (Å²) in [5.74, 6) is 0.298. The molecule has 1 aromatic rings. The number of para-hydroxylation sites is 1. The summed E-state index contributed by atoms with van der Waals surface area (Å²) in [6, 6.07) is 6.80. The molecule has 0 saturated heterocycles. The van der Waals surface area contributed by atoms with Gasteiger partial charge in [0.05, 0.1) is 10.7 Å². The Balaban J connectivity index is 2.40. The Bertz CT molecular complexity index is 385. The molecule has 0 saturated carbocycles. The van der Waals surface area contributed by atoms with Gasteiger partial charge in [-0.1, -0.05) is 37.1 Å². The van der Waals surface area contributed by atoms with Crippen molar-refractivity contribution in [1.29, 1.82) is 0 Å². The molecule has 0 aliphatic carbocycles. The number of benzene rings is 1. The summed E-state index contributed by atoms with van der Waals surface area (Å²) in [4.78, 5) is 11.6. The van der Waals surface area contributed by atoms with Crippen LogP contribution in [0, 0.1) is 5.92 Å². The van der Waals surface area contributed by atoms with Crippen LogP contribution in [0.15, 0.2) is 24.3 Å². The van der Waals surface area contributed by atoms with Gasteiger partial charge in [-0.3, -0.25) is 0 Å². The van der Waals surface area contributed by atoms with Crippen molar-refractivity contribution < 1.29 is 9.90 Å². The lowest BCUT2D eigenvalue weighted by molar-refractivity contribution is 0.238. The molecule has 1 rings (SSSR count). The largest absolute Gasteiger partial charge is 0.396 e. The Morgan fingerprint density at radius 1 is 1.44 bits per heavy atom. The average molecular weight is 271 g/mol. The fourth-order valence-corrected chi connectivity index (χ4v) is 1.78. The quantitative estimate of drug-likeness (QED) is 0.744. The van der Waals surface area contributed by atoms with Crippen LogP contribution in [0.25, 0.3) is 0 Å². The molecule has 18 heavy (non-hydrogen) atoms. The number of anilines is 1. The van der Waals surface area contributed by atoms with Gasteiger partial charge in [0.15, 0.2) is 0 Å². The fraction of sp³-hybridized carbons (Fsp3) is 0.462. The van der Waals surface area contributed by atoms with Crippen molar-refractivity contribution in [3.8, 4) is 0 Å². The SMILES string of the molecule is CCC(CCO)CNC(=O)Nc1ccccc1Cl. The van der Waals surface area contributed by atoms with Gasteiger partial charge in [0.2, 0.25) is 0 Å². The molecule has 1 atom stereocenters. The molecule has 0 aliphatic rings. The van der Waals surface area contributed by atoms with Crippen molar-refractivity contribution in [2.75, 3.05) is 18.5 Å². The maximum atomic E-state index is 11.6.